The van der Waals surface area contributed by atoms with Crippen molar-refractivity contribution >= 4 is 11.6 Å². The molecule has 1 saturated heterocycles. The van der Waals surface area contributed by atoms with Crippen LogP contribution < -0.4 is 5.32 Å². The van der Waals surface area contributed by atoms with Gasteiger partial charge >= 0.3 is 0 Å². The number of anilines is 1. The number of carbonyl (C=O) groups is 1. The average Bonchev–Trinajstić information content (AvgIpc) is 3.25. The summed E-state index contributed by atoms with van der Waals surface area (Å²) in [6.07, 6.45) is 7.39. The number of aromatic amines is 1. The molecule has 0 saturated carbocycles. The quantitative estimate of drug-likeness (QED) is 0.715. The van der Waals surface area contributed by atoms with Crippen molar-refractivity contribution in [1.29, 1.82) is 0 Å². The van der Waals surface area contributed by atoms with Gasteiger partial charge in [-0.15, -0.1) is 0 Å². The van der Waals surface area contributed by atoms with Gasteiger partial charge in [0.2, 0.25) is 5.91 Å². The lowest BCUT2D eigenvalue weighted by Gasteiger charge is -2.31. The minimum absolute atomic E-state index is 0.00704. The first-order valence-electron chi connectivity index (χ1n) is 9.58. The number of aromatic nitrogens is 4. The van der Waals surface area contributed by atoms with E-state index in [0.717, 1.165) is 60.8 Å². The van der Waals surface area contributed by atoms with E-state index in [2.05, 4.69) is 30.4 Å². The first-order chi connectivity index (χ1) is 13.7. The van der Waals surface area contributed by atoms with Gasteiger partial charge in [-0.1, -0.05) is 12.1 Å². The molecule has 3 aromatic rings. The molecule has 3 heterocycles. The number of nitrogens with one attached hydrogen (secondary N) is 2. The lowest BCUT2D eigenvalue weighted by atomic mass is 9.96. The van der Waals surface area contributed by atoms with Crippen molar-refractivity contribution < 1.29 is 4.79 Å². The molecular weight excluding hydrogens is 352 g/mol. The van der Waals surface area contributed by atoms with Gasteiger partial charge in [-0.05, 0) is 50.1 Å². The molecule has 144 valence electrons. The van der Waals surface area contributed by atoms with Crippen molar-refractivity contribution in [2.45, 2.75) is 26.3 Å². The maximum Gasteiger partial charge on any atom is 0.228 e. The van der Waals surface area contributed by atoms with Crippen LogP contribution in [0.3, 0.4) is 0 Å². The Labute approximate surface area is 164 Å². The standard InChI is InChI=1S/C21H24N6O/c1-15-22-11-16(12-23-15)13-27-10-2-3-18(14-27)21(28)25-19-6-4-17(5-7-19)20-8-9-24-26-20/h4-9,11-12,18H,2-3,10,13-14H2,1H3,(H,24,26)(H,25,28)/t18-/m0/s1. The van der Waals surface area contributed by atoms with Gasteiger partial charge in [0.05, 0.1) is 11.6 Å². The van der Waals surface area contributed by atoms with Crippen LogP contribution in [0.5, 0.6) is 0 Å². The molecule has 7 nitrogen and oxygen atoms in total. The van der Waals surface area contributed by atoms with Gasteiger partial charge in [-0.2, -0.15) is 5.10 Å². The number of benzene rings is 1. The summed E-state index contributed by atoms with van der Waals surface area (Å²) in [6.45, 7) is 4.41. The van der Waals surface area contributed by atoms with E-state index in [1.165, 1.54) is 0 Å². The number of likely N-dealkylation sites (tertiary alicyclic amines) is 1. The molecule has 0 bridgehead atoms. The van der Waals surface area contributed by atoms with E-state index in [0.29, 0.717) is 0 Å². The summed E-state index contributed by atoms with van der Waals surface area (Å²) in [5.41, 5.74) is 3.90. The molecule has 7 heteroatoms. The molecule has 1 aromatic carbocycles. The number of aryl methyl sites for hydroxylation is 1. The Bertz CT molecular complexity index is 905. The zero-order chi connectivity index (χ0) is 19.3. The highest BCUT2D eigenvalue weighted by atomic mass is 16.1. The fourth-order valence-electron chi connectivity index (χ4n) is 3.57. The van der Waals surface area contributed by atoms with Crippen LogP contribution >= 0.6 is 0 Å². The summed E-state index contributed by atoms with van der Waals surface area (Å²) >= 11 is 0. The summed E-state index contributed by atoms with van der Waals surface area (Å²) in [7, 11) is 0. The van der Waals surface area contributed by atoms with Crippen LogP contribution in [0.4, 0.5) is 5.69 Å². The molecule has 1 aliphatic rings. The van der Waals surface area contributed by atoms with Gasteiger partial charge in [0.1, 0.15) is 5.82 Å². The molecule has 1 fully saturated rings. The molecule has 4 rings (SSSR count). The number of piperidine rings is 1. The van der Waals surface area contributed by atoms with E-state index in [1.54, 1.807) is 6.20 Å². The molecule has 2 aromatic heterocycles. The number of carbonyl (C=O) groups excluding carboxylic acids is 1. The Balaban J connectivity index is 1.34. The Kier molecular flexibility index (Phi) is 5.43. The van der Waals surface area contributed by atoms with Crippen molar-refractivity contribution in [3.8, 4) is 11.3 Å². The molecule has 0 spiro atoms. The van der Waals surface area contributed by atoms with Crippen LogP contribution in [0.25, 0.3) is 11.3 Å². The average molecular weight is 376 g/mol. The molecule has 0 radical (unpaired) electrons. The molecule has 2 N–H and O–H groups in total. The third-order valence-corrected chi connectivity index (χ3v) is 5.08. The smallest absolute Gasteiger partial charge is 0.228 e. The van der Waals surface area contributed by atoms with Crippen LogP contribution in [0.2, 0.25) is 0 Å². The molecule has 28 heavy (non-hydrogen) atoms. The predicted octanol–water partition coefficient (Wildman–Crippen LogP) is 3.03. The van der Waals surface area contributed by atoms with Crippen molar-refractivity contribution in [3.63, 3.8) is 0 Å². The minimum atomic E-state index is -0.00704. The number of nitrogens with zero attached hydrogens (tertiary/aromatic N) is 4. The number of amides is 1. The summed E-state index contributed by atoms with van der Waals surface area (Å²) in [5, 5.41) is 9.97. The van der Waals surface area contributed by atoms with Crippen LogP contribution in [-0.2, 0) is 11.3 Å². The van der Waals surface area contributed by atoms with Crippen molar-refractivity contribution in [2.24, 2.45) is 5.92 Å². The lowest BCUT2D eigenvalue weighted by Crippen LogP contribution is -2.40. The summed E-state index contributed by atoms with van der Waals surface area (Å²) in [5.74, 6) is 0.852. The zero-order valence-corrected chi connectivity index (χ0v) is 15.9. The normalized spacial score (nSPS) is 17.4. The van der Waals surface area contributed by atoms with Gasteiger partial charge in [0.15, 0.2) is 0 Å². The first kappa shape index (κ1) is 18.3. The van der Waals surface area contributed by atoms with E-state index in [-0.39, 0.29) is 11.8 Å². The van der Waals surface area contributed by atoms with E-state index in [9.17, 15) is 4.79 Å². The monoisotopic (exact) mass is 376 g/mol. The highest BCUT2D eigenvalue weighted by Gasteiger charge is 2.26. The molecule has 1 aliphatic heterocycles. The second-order valence-electron chi connectivity index (χ2n) is 7.25. The van der Waals surface area contributed by atoms with Crippen LogP contribution in [-0.4, -0.2) is 44.1 Å². The second-order valence-corrected chi connectivity index (χ2v) is 7.25. The number of H-pyrrole nitrogens is 1. The highest BCUT2D eigenvalue weighted by molar-refractivity contribution is 5.93. The highest BCUT2D eigenvalue weighted by Crippen LogP contribution is 2.22. The Morgan fingerprint density at radius 3 is 2.71 bits per heavy atom. The topological polar surface area (TPSA) is 86.8 Å². The van der Waals surface area contributed by atoms with Gasteiger partial charge in [-0.25, -0.2) is 9.97 Å². The maximum atomic E-state index is 12.7. The molecule has 1 atom stereocenters. The number of rotatable bonds is 5. The fraction of sp³-hybridized carbons (Fsp3) is 0.333. The first-order valence-corrected chi connectivity index (χ1v) is 9.58. The van der Waals surface area contributed by atoms with Gasteiger partial charge in [0, 0.05) is 42.9 Å². The van der Waals surface area contributed by atoms with Crippen molar-refractivity contribution in [3.05, 3.63) is 60.3 Å². The van der Waals surface area contributed by atoms with Crippen molar-refractivity contribution in [1.82, 2.24) is 25.1 Å². The summed E-state index contributed by atoms with van der Waals surface area (Å²) in [4.78, 5) is 23.6. The fourth-order valence-corrected chi connectivity index (χ4v) is 3.57. The summed E-state index contributed by atoms with van der Waals surface area (Å²) < 4.78 is 0. The van der Waals surface area contributed by atoms with E-state index >= 15 is 0 Å². The lowest BCUT2D eigenvalue weighted by molar-refractivity contribution is -0.121. The number of hydrogen-bond donors (Lipinski definition) is 2. The van der Waals surface area contributed by atoms with Crippen LogP contribution in [0, 0.1) is 12.8 Å². The Morgan fingerprint density at radius 1 is 1.21 bits per heavy atom. The van der Waals surface area contributed by atoms with Gasteiger partial charge < -0.3 is 5.32 Å². The minimum Gasteiger partial charge on any atom is -0.326 e. The largest absolute Gasteiger partial charge is 0.326 e. The Morgan fingerprint density at radius 2 is 2.00 bits per heavy atom. The predicted molar refractivity (Wildman–Crippen MR) is 107 cm³/mol. The molecule has 1 amide bonds. The SMILES string of the molecule is Cc1ncc(CN2CCC[C@H](C(=O)Nc3ccc(-c4ccn[nH]4)cc3)C2)cn1. The van der Waals surface area contributed by atoms with E-state index in [4.69, 9.17) is 0 Å². The zero-order valence-electron chi connectivity index (χ0n) is 15.9. The number of hydrogen-bond acceptors (Lipinski definition) is 5. The van der Waals surface area contributed by atoms with E-state index in [1.807, 2.05) is 49.6 Å². The second kappa shape index (κ2) is 8.31. The molecular formula is C21H24N6O. The van der Waals surface area contributed by atoms with Crippen LogP contribution in [0.1, 0.15) is 24.2 Å². The third-order valence-electron chi connectivity index (χ3n) is 5.08. The van der Waals surface area contributed by atoms with Crippen LogP contribution in [0.15, 0.2) is 48.9 Å². The molecule has 0 unspecified atom stereocenters. The van der Waals surface area contributed by atoms with Crippen molar-refractivity contribution in [2.75, 3.05) is 18.4 Å². The van der Waals surface area contributed by atoms with Gasteiger partial charge in [-0.3, -0.25) is 14.8 Å². The van der Waals surface area contributed by atoms with E-state index < -0.39 is 0 Å². The third kappa shape index (κ3) is 4.43. The molecule has 0 aliphatic carbocycles. The Hall–Kier alpha value is -3.06. The maximum absolute atomic E-state index is 12.7. The van der Waals surface area contributed by atoms with Gasteiger partial charge in [0.25, 0.3) is 0 Å². The summed E-state index contributed by atoms with van der Waals surface area (Å²) in [6, 6.07) is 9.74.